The van der Waals surface area contributed by atoms with Crippen molar-refractivity contribution in [2.75, 3.05) is 6.61 Å². The summed E-state index contributed by atoms with van der Waals surface area (Å²) in [5.74, 6) is 0. The maximum absolute atomic E-state index is 9.36. The number of hydrogen-bond donors (Lipinski definition) is 5. The average Bonchev–Trinajstić information content (AvgIpc) is 2.12. The molecule has 1 heterocycles. The molecular weight excluding hydrogens is 202 g/mol. The molecule has 78 valence electrons. The van der Waals surface area contributed by atoms with Gasteiger partial charge in [0.15, 0.2) is 6.29 Å². The largest absolute Gasteiger partial charge is 0.394 e. The van der Waals surface area contributed by atoms with Crippen LogP contribution in [0.2, 0.25) is 0 Å². The van der Waals surface area contributed by atoms with Gasteiger partial charge in [-0.25, -0.2) is 4.84 Å². The maximum Gasteiger partial charge on any atom is 0.174 e. The van der Waals surface area contributed by atoms with Gasteiger partial charge in [0.25, 0.3) is 0 Å². The van der Waals surface area contributed by atoms with Crippen LogP contribution < -0.4 is 4.84 Å². The van der Waals surface area contributed by atoms with Gasteiger partial charge in [-0.1, -0.05) is 0 Å². The summed E-state index contributed by atoms with van der Waals surface area (Å²) in [4.78, 5) is 2.08. The van der Waals surface area contributed by atoms with Gasteiger partial charge < -0.3 is 25.2 Å². The molecule has 3 unspecified atom stereocenters. The van der Waals surface area contributed by atoms with Crippen molar-refractivity contribution in [1.29, 1.82) is 0 Å². The van der Waals surface area contributed by atoms with Gasteiger partial charge in [0.05, 0.1) is 6.61 Å². The molecular formula is C6H12ClNO5. The number of aliphatic hydroxyl groups is 4. The summed E-state index contributed by atoms with van der Waals surface area (Å²) in [7, 11) is 0. The van der Waals surface area contributed by atoms with Crippen LogP contribution in [0.4, 0.5) is 0 Å². The smallest absolute Gasteiger partial charge is 0.174 e. The van der Waals surface area contributed by atoms with Crippen molar-refractivity contribution in [1.82, 2.24) is 4.84 Å². The monoisotopic (exact) mass is 213 g/mol. The van der Waals surface area contributed by atoms with Crippen LogP contribution in [0.25, 0.3) is 0 Å². The second kappa shape index (κ2) is 4.52. The molecule has 1 fully saturated rings. The van der Waals surface area contributed by atoms with E-state index in [1.807, 2.05) is 0 Å². The second-order valence-corrected chi connectivity index (χ2v) is 3.08. The molecule has 5 N–H and O–H groups in total. The fraction of sp³-hybridized carbons (Fsp3) is 1.00. The van der Waals surface area contributed by atoms with Crippen LogP contribution in [0.1, 0.15) is 0 Å². The molecule has 1 saturated heterocycles. The molecule has 0 spiro atoms. The van der Waals surface area contributed by atoms with E-state index < -0.39 is 37.3 Å². The van der Waals surface area contributed by atoms with E-state index in [1.54, 1.807) is 0 Å². The minimum absolute atomic E-state index is 0.482. The lowest BCUT2D eigenvalue weighted by Crippen LogP contribution is -2.61. The van der Waals surface area contributed by atoms with E-state index in [0.29, 0.717) is 0 Å². The average molecular weight is 214 g/mol. The molecule has 0 aromatic rings. The number of aliphatic hydroxyl groups excluding tert-OH is 4. The lowest BCUT2D eigenvalue weighted by Gasteiger charge is -2.39. The first kappa shape index (κ1) is 11.1. The molecule has 0 saturated carbocycles. The van der Waals surface area contributed by atoms with Crippen LogP contribution in [-0.2, 0) is 4.74 Å². The number of nitrogens with one attached hydrogen (secondary N) is 1. The van der Waals surface area contributed by atoms with E-state index in [4.69, 9.17) is 21.6 Å². The lowest BCUT2D eigenvalue weighted by atomic mass is 9.98. The molecule has 0 aromatic heterocycles. The van der Waals surface area contributed by atoms with Crippen LogP contribution in [0, 0.1) is 0 Å². The molecule has 1 aliphatic heterocycles. The first-order chi connectivity index (χ1) is 6.11. The van der Waals surface area contributed by atoms with Crippen LogP contribution in [-0.4, -0.2) is 57.7 Å². The van der Waals surface area contributed by atoms with Gasteiger partial charge in [-0.15, -0.1) is 0 Å². The summed E-state index contributed by atoms with van der Waals surface area (Å²) in [6.07, 6.45) is -4.90. The predicted octanol–water partition coefficient (Wildman–Crippen LogP) is -2.47. The molecule has 0 amide bonds. The number of hydrogen-bond acceptors (Lipinski definition) is 6. The molecule has 0 aliphatic carbocycles. The van der Waals surface area contributed by atoms with E-state index in [1.165, 1.54) is 0 Å². The third-order valence-corrected chi connectivity index (χ3v) is 2.28. The SMILES string of the molecule is OCC1O[C@@H](O)C(NCl)C(O)[C@H]1O. The summed E-state index contributed by atoms with van der Waals surface area (Å²) in [5, 5.41) is 36.6. The first-order valence-electron chi connectivity index (χ1n) is 3.78. The van der Waals surface area contributed by atoms with Crippen molar-refractivity contribution in [2.24, 2.45) is 0 Å². The number of ether oxygens (including phenoxy) is 1. The fourth-order valence-electron chi connectivity index (χ4n) is 1.21. The van der Waals surface area contributed by atoms with Crippen molar-refractivity contribution in [3.05, 3.63) is 0 Å². The summed E-state index contributed by atoms with van der Waals surface area (Å²) in [6.45, 7) is -0.482. The molecule has 0 bridgehead atoms. The summed E-state index contributed by atoms with van der Waals surface area (Å²) < 4.78 is 4.77. The topological polar surface area (TPSA) is 102 Å². The van der Waals surface area contributed by atoms with Crippen LogP contribution in [0.15, 0.2) is 0 Å². The van der Waals surface area contributed by atoms with Crippen LogP contribution in [0.3, 0.4) is 0 Å². The Hall–Kier alpha value is 0.0500. The zero-order valence-corrected chi connectivity index (χ0v) is 7.42. The van der Waals surface area contributed by atoms with Gasteiger partial charge in [-0.2, -0.15) is 0 Å². The Morgan fingerprint density at radius 2 is 1.85 bits per heavy atom. The Balaban J connectivity index is 2.66. The minimum Gasteiger partial charge on any atom is -0.394 e. The molecule has 1 aliphatic rings. The molecule has 13 heavy (non-hydrogen) atoms. The number of rotatable bonds is 2. The van der Waals surface area contributed by atoms with Gasteiger partial charge in [0.2, 0.25) is 0 Å². The molecule has 6 nitrogen and oxygen atoms in total. The van der Waals surface area contributed by atoms with Crippen molar-refractivity contribution in [3.8, 4) is 0 Å². The van der Waals surface area contributed by atoms with E-state index in [-0.39, 0.29) is 0 Å². The van der Waals surface area contributed by atoms with Crippen molar-refractivity contribution in [2.45, 2.75) is 30.6 Å². The number of halogens is 1. The van der Waals surface area contributed by atoms with Gasteiger partial charge in [0.1, 0.15) is 24.4 Å². The van der Waals surface area contributed by atoms with Crippen molar-refractivity contribution < 1.29 is 25.2 Å². The van der Waals surface area contributed by atoms with Gasteiger partial charge in [0, 0.05) is 0 Å². The van der Waals surface area contributed by atoms with Crippen molar-refractivity contribution in [3.63, 3.8) is 0 Å². The summed E-state index contributed by atoms with van der Waals surface area (Å²) in [6, 6.07) is -0.973. The maximum atomic E-state index is 9.36. The van der Waals surface area contributed by atoms with E-state index in [9.17, 15) is 15.3 Å². The minimum atomic E-state index is -1.35. The third kappa shape index (κ3) is 2.10. The quantitative estimate of drug-likeness (QED) is 0.326. The highest BCUT2D eigenvalue weighted by Gasteiger charge is 2.43. The Bertz CT molecular complexity index is 171. The Kier molecular flexibility index (Phi) is 3.87. The van der Waals surface area contributed by atoms with Gasteiger partial charge >= 0.3 is 0 Å². The predicted molar refractivity (Wildman–Crippen MR) is 42.8 cm³/mol. The van der Waals surface area contributed by atoms with E-state index in [0.717, 1.165) is 0 Å². The highest BCUT2D eigenvalue weighted by atomic mass is 35.5. The highest BCUT2D eigenvalue weighted by molar-refractivity contribution is 6.13. The highest BCUT2D eigenvalue weighted by Crippen LogP contribution is 2.19. The zero-order valence-electron chi connectivity index (χ0n) is 6.67. The lowest BCUT2D eigenvalue weighted by molar-refractivity contribution is -0.251. The van der Waals surface area contributed by atoms with E-state index >= 15 is 0 Å². The standard InChI is InChI=1S/C6H12ClNO5/c7-8-3-5(11)4(10)2(1-9)13-6(3)12/h2-6,8-12H,1H2/t2?,3?,4-,5?,6+/m0/s1. The first-order valence-corrected chi connectivity index (χ1v) is 4.16. The Morgan fingerprint density at radius 1 is 1.23 bits per heavy atom. The third-order valence-electron chi connectivity index (χ3n) is 2.03. The van der Waals surface area contributed by atoms with E-state index in [2.05, 4.69) is 4.84 Å². The zero-order chi connectivity index (χ0) is 10.0. The normalized spacial score (nSPS) is 46.4. The fourth-order valence-corrected chi connectivity index (χ4v) is 1.45. The molecule has 7 heteroatoms. The molecule has 1 rings (SSSR count). The molecule has 0 radical (unpaired) electrons. The van der Waals surface area contributed by atoms with Crippen LogP contribution >= 0.6 is 11.8 Å². The summed E-state index contributed by atoms with van der Waals surface area (Å²) >= 11 is 5.20. The Morgan fingerprint density at radius 3 is 2.31 bits per heavy atom. The molecule has 0 aromatic carbocycles. The summed E-state index contributed by atoms with van der Waals surface area (Å²) in [5.41, 5.74) is 0. The van der Waals surface area contributed by atoms with Crippen molar-refractivity contribution >= 4 is 11.8 Å². The second-order valence-electron chi connectivity index (χ2n) is 2.86. The Labute approximate surface area is 79.8 Å². The molecule has 5 atom stereocenters. The van der Waals surface area contributed by atoms with Gasteiger partial charge in [-0.05, 0) is 11.8 Å². The van der Waals surface area contributed by atoms with Crippen LogP contribution in [0.5, 0.6) is 0 Å². The van der Waals surface area contributed by atoms with Gasteiger partial charge in [-0.3, -0.25) is 0 Å².